The molecule has 0 bridgehead atoms. The van der Waals surface area contributed by atoms with Crippen molar-refractivity contribution < 1.29 is 0 Å². The molecular formula is C19H17NO. The fourth-order valence-electron chi connectivity index (χ4n) is 2.42. The van der Waals surface area contributed by atoms with Crippen LogP contribution in [0.25, 0.3) is 16.8 Å². The molecule has 0 atom stereocenters. The first kappa shape index (κ1) is 13.4. The Hall–Kier alpha value is -2.61. The molecule has 2 aromatic carbocycles. The Morgan fingerprint density at radius 3 is 2.43 bits per heavy atom. The largest absolute Gasteiger partial charge is 0.284 e. The Morgan fingerprint density at radius 1 is 0.857 bits per heavy atom. The van der Waals surface area contributed by atoms with Crippen LogP contribution in [0, 0.1) is 0 Å². The molecule has 2 heteroatoms. The smallest absolute Gasteiger partial charge is 0.255 e. The van der Waals surface area contributed by atoms with Crippen LogP contribution < -0.4 is 5.56 Å². The van der Waals surface area contributed by atoms with E-state index >= 15 is 0 Å². The molecule has 0 N–H and O–H groups in total. The molecule has 0 radical (unpaired) electrons. The molecule has 0 fully saturated rings. The summed E-state index contributed by atoms with van der Waals surface area (Å²) in [4.78, 5) is 12.1. The van der Waals surface area contributed by atoms with E-state index in [1.54, 1.807) is 10.6 Å². The summed E-state index contributed by atoms with van der Waals surface area (Å²) >= 11 is 0. The second kappa shape index (κ2) is 5.80. The average molecular weight is 275 g/mol. The zero-order chi connectivity index (χ0) is 14.7. The van der Waals surface area contributed by atoms with E-state index in [0.29, 0.717) is 0 Å². The van der Waals surface area contributed by atoms with Gasteiger partial charge >= 0.3 is 0 Å². The van der Waals surface area contributed by atoms with Crippen molar-refractivity contribution in [3.8, 4) is 16.8 Å². The first-order valence-corrected chi connectivity index (χ1v) is 7.15. The minimum Gasteiger partial charge on any atom is -0.284 e. The number of aromatic nitrogens is 1. The third-order valence-electron chi connectivity index (χ3n) is 3.61. The molecule has 2 nitrogen and oxygen atoms in total. The number of aryl methyl sites for hydroxylation is 1. The maximum atomic E-state index is 12.1. The second-order valence-electron chi connectivity index (χ2n) is 5.02. The molecule has 1 heterocycles. The lowest BCUT2D eigenvalue weighted by Gasteiger charge is -2.09. The Kier molecular flexibility index (Phi) is 3.69. The first-order valence-electron chi connectivity index (χ1n) is 7.15. The van der Waals surface area contributed by atoms with Gasteiger partial charge in [-0.25, -0.2) is 0 Å². The third kappa shape index (κ3) is 2.79. The monoisotopic (exact) mass is 275 g/mol. The van der Waals surface area contributed by atoms with Crippen molar-refractivity contribution in [3.63, 3.8) is 0 Å². The topological polar surface area (TPSA) is 22.0 Å². The number of nitrogens with zero attached hydrogens (tertiary/aromatic N) is 1. The van der Waals surface area contributed by atoms with Gasteiger partial charge in [0.2, 0.25) is 0 Å². The van der Waals surface area contributed by atoms with E-state index in [4.69, 9.17) is 0 Å². The van der Waals surface area contributed by atoms with Crippen LogP contribution in [0.2, 0.25) is 0 Å². The molecule has 3 rings (SSSR count). The highest BCUT2D eigenvalue weighted by molar-refractivity contribution is 5.63. The highest BCUT2D eigenvalue weighted by atomic mass is 16.1. The molecule has 0 amide bonds. The fourth-order valence-corrected chi connectivity index (χ4v) is 2.42. The van der Waals surface area contributed by atoms with Crippen LogP contribution in [0.3, 0.4) is 0 Å². The molecule has 104 valence electrons. The number of para-hydroxylation sites is 1. The van der Waals surface area contributed by atoms with Crippen molar-refractivity contribution in [2.45, 2.75) is 13.3 Å². The third-order valence-corrected chi connectivity index (χ3v) is 3.61. The Labute approximate surface area is 124 Å². The highest BCUT2D eigenvalue weighted by Crippen LogP contribution is 2.20. The van der Waals surface area contributed by atoms with Crippen LogP contribution in [0.1, 0.15) is 12.5 Å². The van der Waals surface area contributed by atoms with Crippen LogP contribution >= 0.6 is 0 Å². The SMILES string of the molecule is CCc1cccc(-c2ccc(=O)n(-c3ccccc3)c2)c1. The molecule has 0 spiro atoms. The number of benzene rings is 2. The zero-order valence-corrected chi connectivity index (χ0v) is 12.0. The normalized spacial score (nSPS) is 10.5. The predicted molar refractivity (Wildman–Crippen MR) is 86.9 cm³/mol. The van der Waals surface area contributed by atoms with Gasteiger partial charge in [-0.15, -0.1) is 0 Å². The molecule has 0 saturated heterocycles. The van der Waals surface area contributed by atoms with E-state index in [-0.39, 0.29) is 5.56 Å². The molecule has 21 heavy (non-hydrogen) atoms. The summed E-state index contributed by atoms with van der Waals surface area (Å²) in [7, 11) is 0. The number of pyridine rings is 1. The molecule has 0 aliphatic rings. The van der Waals surface area contributed by atoms with Gasteiger partial charge in [0.15, 0.2) is 0 Å². The fraction of sp³-hybridized carbons (Fsp3) is 0.105. The highest BCUT2D eigenvalue weighted by Gasteiger charge is 2.03. The van der Waals surface area contributed by atoms with Gasteiger partial charge in [0.1, 0.15) is 0 Å². The van der Waals surface area contributed by atoms with Crippen LogP contribution in [0.15, 0.2) is 77.7 Å². The summed E-state index contributed by atoms with van der Waals surface area (Å²) in [5, 5.41) is 0. The Balaban J connectivity index is 2.11. The van der Waals surface area contributed by atoms with E-state index in [0.717, 1.165) is 23.2 Å². The van der Waals surface area contributed by atoms with E-state index in [2.05, 4.69) is 31.2 Å². The van der Waals surface area contributed by atoms with E-state index in [1.807, 2.05) is 42.6 Å². The van der Waals surface area contributed by atoms with Crippen LogP contribution in [-0.4, -0.2) is 4.57 Å². The van der Waals surface area contributed by atoms with Gasteiger partial charge in [-0.1, -0.05) is 49.4 Å². The molecule has 1 aromatic heterocycles. The second-order valence-corrected chi connectivity index (χ2v) is 5.02. The average Bonchev–Trinajstić information content (AvgIpc) is 2.56. The van der Waals surface area contributed by atoms with Gasteiger partial charge in [0, 0.05) is 18.0 Å². The minimum atomic E-state index is -0.0170. The van der Waals surface area contributed by atoms with Gasteiger partial charge in [-0.2, -0.15) is 0 Å². The van der Waals surface area contributed by atoms with Crippen molar-refractivity contribution in [3.05, 3.63) is 88.8 Å². The summed E-state index contributed by atoms with van der Waals surface area (Å²) in [5.74, 6) is 0. The summed E-state index contributed by atoms with van der Waals surface area (Å²) in [6, 6.07) is 21.6. The number of rotatable bonds is 3. The van der Waals surface area contributed by atoms with Gasteiger partial charge in [0.05, 0.1) is 0 Å². The molecule has 0 unspecified atom stereocenters. The van der Waals surface area contributed by atoms with E-state index in [1.165, 1.54) is 5.56 Å². The van der Waals surface area contributed by atoms with Crippen LogP contribution in [0.4, 0.5) is 0 Å². The summed E-state index contributed by atoms with van der Waals surface area (Å²) in [5.41, 5.74) is 4.35. The van der Waals surface area contributed by atoms with E-state index in [9.17, 15) is 4.79 Å². The van der Waals surface area contributed by atoms with Crippen LogP contribution in [-0.2, 0) is 6.42 Å². The van der Waals surface area contributed by atoms with Gasteiger partial charge in [-0.05, 0) is 41.3 Å². The number of hydrogen-bond acceptors (Lipinski definition) is 1. The zero-order valence-electron chi connectivity index (χ0n) is 12.0. The lowest BCUT2D eigenvalue weighted by atomic mass is 10.0. The quantitative estimate of drug-likeness (QED) is 0.706. The van der Waals surface area contributed by atoms with Crippen LogP contribution in [0.5, 0.6) is 0 Å². The summed E-state index contributed by atoms with van der Waals surface area (Å²) in [6.07, 6.45) is 2.92. The predicted octanol–water partition coefficient (Wildman–Crippen LogP) is 4.07. The van der Waals surface area contributed by atoms with Gasteiger partial charge in [-0.3, -0.25) is 9.36 Å². The lowest BCUT2D eigenvalue weighted by Crippen LogP contribution is -2.16. The molecule has 0 aliphatic carbocycles. The van der Waals surface area contributed by atoms with Crippen molar-refractivity contribution in [2.24, 2.45) is 0 Å². The molecule has 0 saturated carbocycles. The lowest BCUT2D eigenvalue weighted by molar-refractivity contribution is 0.992. The minimum absolute atomic E-state index is 0.0170. The molecule has 0 aliphatic heterocycles. The molecule has 3 aromatic rings. The van der Waals surface area contributed by atoms with Crippen molar-refractivity contribution in [2.75, 3.05) is 0 Å². The van der Waals surface area contributed by atoms with Gasteiger partial charge < -0.3 is 0 Å². The Morgan fingerprint density at radius 2 is 1.67 bits per heavy atom. The first-order chi connectivity index (χ1) is 10.3. The van der Waals surface area contributed by atoms with Crippen molar-refractivity contribution in [1.29, 1.82) is 0 Å². The van der Waals surface area contributed by atoms with Crippen molar-refractivity contribution in [1.82, 2.24) is 4.57 Å². The van der Waals surface area contributed by atoms with E-state index < -0.39 is 0 Å². The maximum Gasteiger partial charge on any atom is 0.255 e. The standard InChI is InChI=1S/C19H17NO/c1-2-15-7-6-8-16(13-15)17-11-12-19(21)20(14-17)18-9-4-3-5-10-18/h3-14H,2H2,1H3. The van der Waals surface area contributed by atoms with Crippen molar-refractivity contribution >= 4 is 0 Å². The molecular weight excluding hydrogens is 258 g/mol. The summed E-state index contributed by atoms with van der Waals surface area (Å²) in [6.45, 7) is 2.14. The Bertz CT molecular complexity index is 803. The maximum absolute atomic E-state index is 12.1. The number of hydrogen-bond donors (Lipinski definition) is 0. The van der Waals surface area contributed by atoms with Gasteiger partial charge in [0.25, 0.3) is 5.56 Å². The summed E-state index contributed by atoms with van der Waals surface area (Å²) < 4.78 is 1.69.